The first-order chi connectivity index (χ1) is 18.7. The topological polar surface area (TPSA) is 86.8 Å². The summed E-state index contributed by atoms with van der Waals surface area (Å²) < 4.78 is 28.7. The fourth-order valence-corrected chi connectivity index (χ4v) is 5.85. The fourth-order valence-electron chi connectivity index (χ4n) is 4.25. The van der Waals surface area contributed by atoms with Crippen molar-refractivity contribution >= 4 is 39.1 Å². The molecule has 0 fully saturated rings. The normalized spacial score (nSPS) is 12.0. The fraction of sp³-hybridized carbons (Fsp3) is 0.333. The lowest BCUT2D eigenvalue weighted by Crippen LogP contribution is -2.53. The largest absolute Gasteiger partial charge is 0.354 e. The van der Waals surface area contributed by atoms with E-state index in [9.17, 15) is 18.0 Å². The average Bonchev–Trinajstić information content (AvgIpc) is 2.95. The molecule has 1 N–H and O–H groups in total. The Kier molecular flexibility index (Phi) is 10.9. The Hall–Kier alpha value is -3.36. The van der Waals surface area contributed by atoms with Crippen molar-refractivity contribution in [1.29, 1.82) is 0 Å². The number of benzene rings is 3. The zero-order valence-corrected chi connectivity index (χ0v) is 24.2. The average molecular weight is 570 g/mol. The number of hydrogen-bond donors (Lipinski definition) is 1. The zero-order valence-electron chi connectivity index (χ0n) is 22.6. The number of anilines is 1. The van der Waals surface area contributed by atoms with Gasteiger partial charge in [-0.3, -0.25) is 13.9 Å². The van der Waals surface area contributed by atoms with Crippen molar-refractivity contribution in [2.24, 2.45) is 0 Å². The van der Waals surface area contributed by atoms with Gasteiger partial charge < -0.3 is 10.2 Å². The number of halogens is 1. The Labute approximate surface area is 236 Å². The Morgan fingerprint density at radius 3 is 2.18 bits per heavy atom. The Bertz CT molecular complexity index is 1350. The van der Waals surface area contributed by atoms with Gasteiger partial charge in [-0.1, -0.05) is 80.0 Å². The van der Waals surface area contributed by atoms with Crippen molar-refractivity contribution in [2.75, 3.05) is 23.9 Å². The second kappa shape index (κ2) is 14.1. The van der Waals surface area contributed by atoms with Crippen LogP contribution < -0.4 is 9.62 Å². The maximum Gasteiger partial charge on any atom is 0.264 e. The Balaban J connectivity index is 2.01. The SMILES string of the molecule is CCCNC(=O)[C@H](CC)N(CCc1ccccc1)C(=O)CN(c1ccc(C)c(Cl)c1)S(=O)(=O)c1ccccc1. The summed E-state index contributed by atoms with van der Waals surface area (Å²) in [4.78, 5) is 28.6. The molecule has 0 heterocycles. The van der Waals surface area contributed by atoms with E-state index in [1.54, 1.807) is 36.4 Å². The van der Waals surface area contributed by atoms with Crippen molar-refractivity contribution in [2.45, 2.75) is 51.0 Å². The van der Waals surface area contributed by atoms with Crippen molar-refractivity contribution < 1.29 is 18.0 Å². The lowest BCUT2D eigenvalue weighted by Gasteiger charge is -2.33. The number of rotatable bonds is 13. The van der Waals surface area contributed by atoms with E-state index >= 15 is 0 Å². The van der Waals surface area contributed by atoms with Crippen molar-refractivity contribution in [3.8, 4) is 0 Å². The van der Waals surface area contributed by atoms with Crippen molar-refractivity contribution in [3.05, 3.63) is 95.0 Å². The third-order valence-corrected chi connectivity index (χ3v) is 8.67. The first-order valence-electron chi connectivity index (χ1n) is 13.1. The number of aryl methyl sites for hydroxylation is 1. The molecule has 0 bridgehead atoms. The number of amides is 2. The predicted molar refractivity (Wildman–Crippen MR) is 156 cm³/mol. The number of hydrogen-bond acceptors (Lipinski definition) is 4. The molecule has 9 heteroatoms. The molecule has 0 aliphatic carbocycles. The first-order valence-corrected chi connectivity index (χ1v) is 15.0. The molecule has 208 valence electrons. The molecule has 0 aromatic heterocycles. The molecule has 0 aliphatic rings. The van der Waals surface area contributed by atoms with E-state index < -0.39 is 28.5 Å². The van der Waals surface area contributed by atoms with E-state index in [0.717, 1.165) is 21.9 Å². The van der Waals surface area contributed by atoms with Gasteiger partial charge in [-0.05, 0) is 61.6 Å². The van der Waals surface area contributed by atoms with Crippen LogP contribution in [0, 0.1) is 6.92 Å². The minimum Gasteiger partial charge on any atom is -0.354 e. The zero-order chi connectivity index (χ0) is 28.4. The van der Waals surface area contributed by atoms with Crippen molar-refractivity contribution in [3.63, 3.8) is 0 Å². The van der Waals surface area contributed by atoms with Crippen molar-refractivity contribution in [1.82, 2.24) is 10.2 Å². The molecule has 0 aliphatic heterocycles. The van der Waals surface area contributed by atoms with E-state index in [1.807, 2.05) is 51.1 Å². The lowest BCUT2D eigenvalue weighted by atomic mass is 10.1. The lowest BCUT2D eigenvalue weighted by molar-refractivity contribution is -0.139. The molecular weight excluding hydrogens is 534 g/mol. The molecule has 0 spiro atoms. The monoisotopic (exact) mass is 569 g/mol. The van der Waals surface area contributed by atoms with Crippen LogP contribution in [0.15, 0.2) is 83.8 Å². The van der Waals surface area contributed by atoms with Crippen LogP contribution in [0.2, 0.25) is 5.02 Å². The molecule has 39 heavy (non-hydrogen) atoms. The number of sulfonamides is 1. The molecule has 2 amide bonds. The van der Waals surface area contributed by atoms with Gasteiger partial charge in [0.1, 0.15) is 12.6 Å². The van der Waals surface area contributed by atoms with E-state index in [1.165, 1.54) is 17.0 Å². The third-order valence-electron chi connectivity index (χ3n) is 6.47. The number of carbonyl (C=O) groups is 2. The highest BCUT2D eigenvalue weighted by atomic mass is 35.5. The van der Waals surface area contributed by atoms with Gasteiger partial charge in [-0.15, -0.1) is 0 Å². The minimum absolute atomic E-state index is 0.0538. The van der Waals surface area contributed by atoms with Gasteiger partial charge in [0.2, 0.25) is 11.8 Å². The van der Waals surface area contributed by atoms with Gasteiger partial charge in [0, 0.05) is 18.1 Å². The molecule has 0 saturated heterocycles. The van der Waals surface area contributed by atoms with Crippen LogP contribution in [0.4, 0.5) is 5.69 Å². The standard InChI is InChI=1S/C30H36ClN3O4S/c1-4-19-32-30(36)28(5-2)33(20-18-24-12-8-6-9-13-24)29(35)22-34(25-17-16-23(3)27(31)21-25)39(37,38)26-14-10-7-11-15-26/h6-17,21,28H,4-5,18-20,22H2,1-3H3,(H,32,36)/t28-/m0/s1. The summed E-state index contributed by atoms with van der Waals surface area (Å²) in [6.45, 7) is 5.89. The van der Waals surface area contributed by atoms with Crippen LogP contribution >= 0.6 is 11.6 Å². The first kappa shape index (κ1) is 30.2. The Morgan fingerprint density at radius 2 is 1.59 bits per heavy atom. The van der Waals surface area contributed by atoms with E-state index in [0.29, 0.717) is 24.4 Å². The number of nitrogens with one attached hydrogen (secondary N) is 1. The van der Waals surface area contributed by atoms with Crippen LogP contribution in [0.1, 0.15) is 37.8 Å². The second-order valence-electron chi connectivity index (χ2n) is 9.30. The van der Waals surface area contributed by atoms with Gasteiger partial charge >= 0.3 is 0 Å². The molecule has 0 unspecified atom stereocenters. The van der Waals surface area contributed by atoms with Gasteiger partial charge in [0.05, 0.1) is 10.6 Å². The number of carbonyl (C=O) groups excluding carboxylic acids is 2. The summed E-state index contributed by atoms with van der Waals surface area (Å²) in [7, 11) is -4.12. The summed E-state index contributed by atoms with van der Waals surface area (Å²) in [5.74, 6) is -0.725. The van der Waals surface area contributed by atoms with Crippen LogP contribution in [-0.2, 0) is 26.0 Å². The molecule has 3 aromatic carbocycles. The van der Waals surface area contributed by atoms with Crippen LogP contribution in [0.3, 0.4) is 0 Å². The highest BCUT2D eigenvalue weighted by molar-refractivity contribution is 7.92. The summed E-state index contributed by atoms with van der Waals surface area (Å²) in [6, 6.07) is 21.8. The van der Waals surface area contributed by atoms with Crippen LogP contribution in [-0.4, -0.2) is 50.8 Å². The highest BCUT2D eigenvalue weighted by Crippen LogP contribution is 2.28. The highest BCUT2D eigenvalue weighted by Gasteiger charge is 2.33. The smallest absolute Gasteiger partial charge is 0.264 e. The quantitative estimate of drug-likeness (QED) is 0.306. The molecule has 0 radical (unpaired) electrons. The summed E-state index contributed by atoms with van der Waals surface area (Å²) in [6.07, 6.45) is 1.67. The molecule has 3 aromatic rings. The van der Waals surface area contributed by atoms with Crippen LogP contribution in [0.5, 0.6) is 0 Å². The Morgan fingerprint density at radius 1 is 0.949 bits per heavy atom. The summed E-state index contributed by atoms with van der Waals surface area (Å²) in [5, 5.41) is 3.28. The molecular formula is C30H36ClN3O4S. The van der Waals surface area contributed by atoms with E-state index in [4.69, 9.17) is 11.6 Å². The minimum atomic E-state index is -4.12. The number of nitrogens with zero attached hydrogens (tertiary/aromatic N) is 2. The predicted octanol–water partition coefficient (Wildman–Crippen LogP) is 5.22. The molecule has 1 atom stereocenters. The molecule has 3 rings (SSSR count). The van der Waals surface area contributed by atoms with Crippen LogP contribution in [0.25, 0.3) is 0 Å². The van der Waals surface area contributed by atoms with E-state index in [2.05, 4.69) is 5.32 Å². The van der Waals surface area contributed by atoms with Gasteiger partial charge in [0.15, 0.2) is 0 Å². The maximum absolute atomic E-state index is 14.0. The molecule has 7 nitrogen and oxygen atoms in total. The summed E-state index contributed by atoms with van der Waals surface area (Å²) in [5.41, 5.74) is 2.07. The van der Waals surface area contributed by atoms with Gasteiger partial charge in [-0.2, -0.15) is 0 Å². The summed E-state index contributed by atoms with van der Waals surface area (Å²) >= 11 is 6.36. The van der Waals surface area contributed by atoms with E-state index in [-0.39, 0.29) is 23.0 Å². The second-order valence-corrected chi connectivity index (χ2v) is 11.6. The third kappa shape index (κ3) is 7.83. The molecule has 0 saturated carbocycles. The van der Waals surface area contributed by atoms with Gasteiger partial charge in [-0.25, -0.2) is 8.42 Å². The van der Waals surface area contributed by atoms with Gasteiger partial charge in [0.25, 0.3) is 10.0 Å². The maximum atomic E-state index is 14.0.